The van der Waals surface area contributed by atoms with Gasteiger partial charge in [0, 0.05) is 5.38 Å². The molecule has 1 aromatic heterocycles. The second-order valence-electron chi connectivity index (χ2n) is 2.03. The highest BCUT2D eigenvalue weighted by Crippen LogP contribution is 2.29. The molecule has 0 spiro atoms. The maximum Gasteiger partial charge on any atom is 0.382 e. The Bertz CT molecular complexity index is 382. The zero-order valence-electron chi connectivity index (χ0n) is 5.99. The Morgan fingerprint density at radius 2 is 2.38 bits per heavy atom. The van der Waals surface area contributed by atoms with Crippen LogP contribution in [0.3, 0.4) is 0 Å². The average Bonchev–Trinajstić information content (AvgIpc) is 2.52. The van der Waals surface area contributed by atoms with Gasteiger partial charge >= 0.3 is 11.9 Å². The smallest absolute Gasteiger partial charge is 0.382 e. The zero-order valence-corrected chi connectivity index (χ0v) is 6.81. The molecule has 1 heterocycles. The molecule has 0 amide bonds. The molecule has 0 unspecified atom stereocenters. The number of carboxylic acid groups (broad SMARTS) is 1. The van der Waals surface area contributed by atoms with Gasteiger partial charge in [0.2, 0.25) is 0 Å². The highest BCUT2D eigenvalue weighted by molar-refractivity contribution is 7.10. The number of alkyl halides is 2. The Morgan fingerprint density at radius 1 is 1.77 bits per heavy atom. The third-order valence-corrected chi connectivity index (χ3v) is 2.04. The Morgan fingerprint density at radius 3 is 2.77 bits per heavy atom. The van der Waals surface area contributed by atoms with Crippen LogP contribution in [0.1, 0.15) is 15.5 Å². The summed E-state index contributed by atoms with van der Waals surface area (Å²) in [6.07, 6.45) is 0. The number of thiazole rings is 1. The average molecular weight is 204 g/mol. The lowest BCUT2D eigenvalue weighted by Gasteiger charge is -1.99. The second-order valence-corrected chi connectivity index (χ2v) is 2.89. The van der Waals surface area contributed by atoms with E-state index in [4.69, 9.17) is 10.4 Å². The molecule has 1 aromatic rings. The van der Waals surface area contributed by atoms with E-state index >= 15 is 0 Å². The molecule has 68 valence electrons. The molecule has 0 radical (unpaired) electrons. The molecule has 1 rings (SSSR count). The van der Waals surface area contributed by atoms with Gasteiger partial charge in [-0.3, -0.25) is 0 Å². The van der Waals surface area contributed by atoms with Crippen molar-refractivity contribution in [3.63, 3.8) is 0 Å². The van der Waals surface area contributed by atoms with Gasteiger partial charge in [0.25, 0.3) is 0 Å². The van der Waals surface area contributed by atoms with Gasteiger partial charge in [-0.1, -0.05) is 0 Å². The van der Waals surface area contributed by atoms with Gasteiger partial charge in [0.1, 0.15) is 6.07 Å². The van der Waals surface area contributed by atoms with Crippen LogP contribution in [-0.4, -0.2) is 16.1 Å². The van der Waals surface area contributed by atoms with Crippen LogP contribution in [0.15, 0.2) is 5.38 Å². The lowest BCUT2D eigenvalue weighted by Crippen LogP contribution is -2.10. The Hall–Kier alpha value is -1.55. The first-order chi connectivity index (χ1) is 5.97. The van der Waals surface area contributed by atoms with Crippen molar-refractivity contribution in [3.8, 4) is 6.07 Å². The molecule has 0 aliphatic heterocycles. The lowest BCUT2D eigenvalue weighted by molar-refractivity contribution is 0.0600. The topological polar surface area (TPSA) is 74.0 Å². The number of nitrogens with zero attached hydrogens (tertiary/aromatic N) is 2. The van der Waals surface area contributed by atoms with E-state index < -0.39 is 22.6 Å². The normalized spacial score (nSPS) is 10.8. The first-order valence-corrected chi connectivity index (χ1v) is 3.83. The van der Waals surface area contributed by atoms with E-state index in [0.717, 1.165) is 11.4 Å². The van der Waals surface area contributed by atoms with Gasteiger partial charge in [-0.15, -0.1) is 11.3 Å². The third-order valence-electron chi connectivity index (χ3n) is 1.13. The van der Waals surface area contributed by atoms with Crippen LogP contribution >= 0.6 is 11.3 Å². The maximum absolute atomic E-state index is 12.6. The van der Waals surface area contributed by atoms with Crippen LogP contribution in [-0.2, 0) is 5.92 Å². The summed E-state index contributed by atoms with van der Waals surface area (Å²) in [7, 11) is 0. The number of aromatic nitrogens is 1. The van der Waals surface area contributed by atoms with E-state index in [2.05, 4.69) is 4.98 Å². The molecular weight excluding hydrogens is 202 g/mol. The molecule has 4 nitrogen and oxygen atoms in total. The lowest BCUT2D eigenvalue weighted by atomic mass is 10.4. The molecule has 0 aliphatic rings. The Labute approximate surface area is 75.1 Å². The van der Waals surface area contributed by atoms with Crippen molar-refractivity contribution >= 4 is 17.3 Å². The predicted molar refractivity (Wildman–Crippen MR) is 38.6 cm³/mol. The number of halogens is 2. The number of carbonyl (C=O) groups is 1. The van der Waals surface area contributed by atoms with Gasteiger partial charge in [-0.25, -0.2) is 9.78 Å². The van der Waals surface area contributed by atoms with E-state index in [9.17, 15) is 13.6 Å². The minimum absolute atomic E-state index is 0.445. The predicted octanol–water partition coefficient (Wildman–Crippen LogP) is 1.46. The highest BCUT2D eigenvalue weighted by atomic mass is 32.1. The fourth-order valence-electron chi connectivity index (χ4n) is 0.564. The van der Waals surface area contributed by atoms with Crippen molar-refractivity contribution in [1.29, 1.82) is 5.26 Å². The summed E-state index contributed by atoms with van der Waals surface area (Å²) in [4.78, 5) is 13.3. The summed E-state index contributed by atoms with van der Waals surface area (Å²) in [5, 5.41) is 16.5. The summed E-state index contributed by atoms with van der Waals surface area (Å²) in [5.41, 5.74) is -0.477. The van der Waals surface area contributed by atoms with Crippen molar-refractivity contribution in [3.05, 3.63) is 16.1 Å². The first-order valence-electron chi connectivity index (χ1n) is 2.96. The van der Waals surface area contributed by atoms with Gasteiger partial charge in [0.15, 0.2) is 10.7 Å². The molecule has 0 aliphatic carbocycles. The quantitative estimate of drug-likeness (QED) is 0.791. The number of rotatable bonds is 2. The summed E-state index contributed by atoms with van der Waals surface area (Å²) < 4.78 is 25.1. The summed E-state index contributed by atoms with van der Waals surface area (Å²) in [6, 6.07) is 0.732. The van der Waals surface area contributed by atoms with Crippen LogP contribution in [0.2, 0.25) is 0 Å². The molecule has 1 N–H and O–H groups in total. The van der Waals surface area contributed by atoms with Crippen LogP contribution in [0.4, 0.5) is 8.78 Å². The highest BCUT2D eigenvalue weighted by Gasteiger charge is 2.35. The monoisotopic (exact) mass is 204 g/mol. The molecular formula is C6H2F2N2O2S. The van der Waals surface area contributed by atoms with Crippen LogP contribution in [0, 0.1) is 11.3 Å². The maximum atomic E-state index is 12.6. The van der Waals surface area contributed by atoms with Gasteiger partial charge in [-0.2, -0.15) is 14.0 Å². The van der Waals surface area contributed by atoms with Crippen molar-refractivity contribution in [2.45, 2.75) is 5.92 Å². The largest absolute Gasteiger partial charge is 0.476 e. The SMILES string of the molecule is N#CC(F)(F)c1nc(C(=O)O)cs1. The molecule has 7 heteroatoms. The third kappa shape index (κ3) is 1.78. The first kappa shape index (κ1) is 9.54. The van der Waals surface area contributed by atoms with Gasteiger partial charge < -0.3 is 5.11 Å². The standard InChI is InChI=1S/C6H2F2N2O2S/c7-6(8,2-9)5-10-3(1-13-5)4(11)12/h1H,(H,11,12). The molecule has 0 aromatic carbocycles. The zero-order chi connectivity index (χ0) is 10.1. The minimum atomic E-state index is -3.71. The summed E-state index contributed by atoms with van der Waals surface area (Å²) in [5.74, 6) is -5.10. The Kier molecular flexibility index (Phi) is 2.25. The van der Waals surface area contributed by atoms with Crippen LogP contribution in [0.25, 0.3) is 0 Å². The van der Waals surface area contributed by atoms with Crippen molar-refractivity contribution < 1.29 is 18.7 Å². The van der Waals surface area contributed by atoms with Gasteiger partial charge in [-0.05, 0) is 0 Å². The molecule has 0 saturated carbocycles. The fourth-order valence-corrected chi connectivity index (χ4v) is 1.29. The summed E-state index contributed by atoms with van der Waals surface area (Å²) in [6.45, 7) is 0. The van der Waals surface area contributed by atoms with Crippen molar-refractivity contribution in [2.24, 2.45) is 0 Å². The van der Waals surface area contributed by atoms with E-state index in [-0.39, 0.29) is 0 Å². The number of aromatic carboxylic acids is 1. The van der Waals surface area contributed by atoms with Crippen molar-refractivity contribution in [2.75, 3.05) is 0 Å². The number of hydrogen-bond acceptors (Lipinski definition) is 4. The van der Waals surface area contributed by atoms with E-state index in [1.54, 1.807) is 0 Å². The molecule has 0 atom stereocenters. The number of hydrogen-bond donors (Lipinski definition) is 1. The van der Waals surface area contributed by atoms with Crippen LogP contribution < -0.4 is 0 Å². The van der Waals surface area contributed by atoms with Gasteiger partial charge in [0.05, 0.1) is 0 Å². The van der Waals surface area contributed by atoms with E-state index in [1.165, 1.54) is 0 Å². The summed E-state index contributed by atoms with van der Waals surface area (Å²) >= 11 is 0.445. The Balaban J connectivity index is 3.07. The number of carboxylic acids is 1. The van der Waals surface area contributed by atoms with E-state index in [1.807, 2.05) is 0 Å². The number of nitriles is 1. The van der Waals surface area contributed by atoms with Crippen molar-refractivity contribution in [1.82, 2.24) is 4.98 Å². The minimum Gasteiger partial charge on any atom is -0.476 e. The van der Waals surface area contributed by atoms with E-state index in [0.29, 0.717) is 11.3 Å². The second kappa shape index (κ2) is 3.06. The van der Waals surface area contributed by atoms with Crippen LogP contribution in [0.5, 0.6) is 0 Å². The fraction of sp³-hybridized carbons (Fsp3) is 0.167. The molecule has 0 bridgehead atoms. The molecule has 13 heavy (non-hydrogen) atoms. The molecule has 0 fully saturated rings. The molecule has 0 saturated heterocycles.